The predicted octanol–water partition coefficient (Wildman–Crippen LogP) is 0.846. The molecule has 6 heavy (non-hydrogen) atoms. The molecule has 0 N–H and O–H groups in total. The van der Waals surface area contributed by atoms with Gasteiger partial charge >= 0.3 is 0 Å². The molecule has 0 spiro atoms. The van der Waals surface area contributed by atoms with E-state index in [1.807, 2.05) is 0 Å². The number of halogens is 1. The van der Waals surface area contributed by atoms with Crippen LogP contribution in [0.5, 0.6) is 0 Å². The van der Waals surface area contributed by atoms with Crippen LogP contribution in [-0.2, 0) is 0 Å². The van der Waals surface area contributed by atoms with Crippen LogP contribution in [0.25, 0.3) is 0 Å². The van der Waals surface area contributed by atoms with Gasteiger partial charge in [-0.05, 0) is 0 Å². The number of hydrogen-bond acceptors (Lipinski definition) is 0. The van der Waals surface area contributed by atoms with Gasteiger partial charge in [-0.15, -0.1) is 0 Å². The normalized spacial score (nSPS) is 7.83. The van der Waals surface area contributed by atoms with E-state index in [-0.39, 0.29) is 4.70 Å². The summed E-state index contributed by atoms with van der Waals surface area (Å²) in [7, 11) is 0. The first-order valence-electron chi connectivity index (χ1n) is 2.27. The Kier molecular flexibility index (Phi) is 8.82. The third-order valence-corrected chi connectivity index (χ3v) is 2.45. The van der Waals surface area contributed by atoms with Gasteiger partial charge in [0.05, 0.1) is 0 Å². The third kappa shape index (κ3) is 8.82. The van der Waals surface area contributed by atoms with Crippen LogP contribution in [0.3, 0.4) is 0 Å². The monoisotopic (exact) mass is 106 g/mol. The van der Waals surface area contributed by atoms with Crippen LogP contribution in [0.15, 0.2) is 0 Å². The Balaban J connectivity index is 0. The summed E-state index contributed by atoms with van der Waals surface area (Å²) in [6.07, 6.45) is 0. The molecule has 0 aliphatic rings. The summed E-state index contributed by atoms with van der Waals surface area (Å²) < 4.78 is 0. The SMILES string of the molecule is CC(C)[CH2][AlH2].F. The van der Waals surface area contributed by atoms with E-state index >= 15 is 0 Å². The molecular weight excluding hydrogens is 94.0 g/mol. The topological polar surface area (TPSA) is 0 Å². The molecule has 0 aliphatic carbocycles. The molecule has 0 rings (SSSR count). The molecule has 0 unspecified atom stereocenters. The number of hydrogen-bond donors (Lipinski definition) is 0. The average Bonchev–Trinajstić information content (AvgIpc) is 1.38. The molecule has 0 fully saturated rings. The summed E-state index contributed by atoms with van der Waals surface area (Å²) in [5, 5.41) is 1.44. The second-order valence-electron chi connectivity index (χ2n) is 1.80. The molecule has 0 nitrogen and oxygen atoms in total. The first kappa shape index (κ1) is 9.68. The van der Waals surface area contributed by atoms with Gasteiger partial charge in [0.15, 0.2) is 0 Å². The van der Waals surface area contributed by atoms with Gasteiger partial charge in [-0.1, -0.05) is 25.0 Å². The molecule has 0 atom stereocenters. The molecule has 0 aromatic rings. The smallest absolute Gasteiger partial charge is 0.212 e. The second-order valence-corrected chi connectivity index (χ2v) is 2.62. The zero-order valence-electron chi connectivity index (χ0n) is 4.69. The molecule has 0 saturated carbocycles. The summed E-state index contributed by atoms with van der Waals surface area (Å²) in [6.45, 7) is 4.51. The Morgan fingerprint density at radius 2 is 1.67 bits per heavy atom. The maximum Gasteiger partial charge on any atom is 0.212 e. The summed E-state index contributed by atoms with van der Waals surface area (Å²) >= 11 is 1.37. The van der Waals surface area contributed by atoms with Crippen molar-refractivity contribution in [3.8, 4) is 0 Å². The molecule has 2 heteroatoms. The van der Waals surface area contributed by atoms with Gasteiger partial charge in [0.2, 0.25) is 16.3 Å². The van der Waals surface area contributed by atoms with Crippen molar-refractivity contribution in [2.24, 2.45) is 5.92 Å². The zero-order valence-corrected chi connectivity index (χ0v) is 6.69. The van der Waals surface area contributed by atoms with Crippen LogP contribution >= 0.6 is 0 Å². The van der Waals surface area contributed by atoms with E-state index in [1.54, 1.807) is 0 Å². The highest BCUT2D eigenvalue weighted by molar-refractivity contribution is 6.08. The van der Waals surface area contributed by atoms with Crippen LogP contribution in [0, 0.1) is 5.92 Å². The first-order valence-corrected chi connectivity index (χ1v) is 3.68. The Morgan fingerprint density at radius 3 is 1.67 bits per heavy atom. The molecular formula is C4H12AlF. The van der Waals surface area contributed by atoms with Gasteiger partial charge in [0.1, 0.15) is 0 Å². The summed E-state index contributed by atoms with van der Waals surface area (Å²) in [6, 6.07) is 0. The van der Waals surface area contributed by atoms with Crippen molar-refractivity contribution in [2.75, 3.05) is 0 Å². The fourth-order valence-electron chi connectivity index (χ4n) is 0. The first-order chi connectivity index (χ1) is 2.27. The van der Waals surface area contributed by atoms with Crippen LogP contribution in [0.1, 0.15) is 13.8 Å². The fraction of sp³-hybridized carbons (Fsp3) is 1.00. The van der Waals surface area contributed by atoms with Crippen molar-refractivity contribution in [2.45, 2.75) is 19.1 Å². The van der Waals surface area contributed by atoms with E-state index < -0.39 is 0 Å². The van der Waals surface area contributed by atoms with Crippen molar-refractivity contribution < 1.29 is 4.70 Å². The summed E-state index contributed by atoms with van der Waals surface area (Å²) in [4.78, 5) is 0. The standard InChI is InChI=1S/C4H9.Al.FH.2H/c1-4(2)3;;;;/h4H,1H2,2-3H3;;1H;;. The second kappa shape index (κ2) is 5.46. The fourth-order valence-corrected chi connectivity index (χ4v) is 0. The predicted molar refractivity (Wildman–Crippen MR) is 30.7 cm³/mol. The molecule has 38 valence electrons. The van der Waals surface area contributed by atoms with Gasteiger partial charge in [0.25, 0.3) is 0 Å². The maximum absolute atomic E-state index is 2.26. The van der Waals surface area contributed by atoms with E-state index in [4.69, 9.17) is 0 Å². The van der Waals surface area contributed by atoms with Crippen molar-refractivity contribution in [3.05, 3.63) is 0 Å². The lowest BCUT2D eigenvalue weighted by Crippen LogP contribution is -1.80. The highest BCUT2D eigenvalue weighted by Gasteiger charge is 1.80. The highest BCUT2D eigenvalue weighted by atomic mass is 27.0. The molecule has 0 saturated heterocycles. The Morgan fingerprint density at radius 1 is 1.50 bits per heavy atom. The molecule has 0 aliphatic heterocycles. The van der Waals surface area contributed by atoms with Crippen molar-refractivity contribution in [1.82, 2.24) is 0 Å². The highest BCUT2D eigenvalue weighted by Crippen LogP contribution is 1.92. The average molecular weight is 106 g/mol. The van der Waals surface area contributed by atoms with E-state index in [0.717, 1.165) is 5.92 Å². The van der Waals surface area contributed by atoms with Gasteiger partial charge in [-0.3, -0.25) is 4.70 Å². The number of rotatable bonds is 1. The van der Waals surface area contributed by atoms with Crippen LogP contribution in [0.4, 0.5) is 4.70 Å². The van der Waals surface area contributed by atoms with Crippen molar-refractivity contribution in [3.63, 3.8) is 0 Å². The van der Waals surface area contributed by atoms with Crippen LogP contribution in [-0.4, -0.2) is 16.3 Å². The minimum atomic E-state index is 0. The van der Waals surface area contributed by atoms with Gasteiger partial charge in [-0.2, -0.15) is 0 Å². The Labute approximate surface area is 46.7 Å². The Hall–Kier alpha value is 0.462. The quantitative estimate of drug-likeness (QED) is 0.435. The molecule has 0 aromatic heterocycles. The lowest BCUT2D eigenvalue weighted by Gasteiger charge is -1.90. The van der Waals surface area contributed by atoms with Crippen LogP contribution < -0.4 is 0 Å². The van der Waals surface area contributed by atoms with E-state index in [0.29, 0.717) is 0 Å². The zero-order chi connectivity index (χ0) is 4.28. The Bertz CT molecular complexity index is 21.5. The van der Waals surface area contributed by atoms with Gasteiger partial charge in [-0.25, -0.2) is 0 Å². The van der Waals surface area contributed by atoms with E-state index in [1.165, 1.54) is 21.6 Å². The minimum Gasteiger partial charge on any atom is -0.269 e. The maximum atomic E-state index is 2.26. The molecule has 0 amide bonds. The van der Waals surface area contributed by atoms with Crippen molar-refractivity contribution in [1.29, 1.82) is 0 Å². The lowest BCUT2D eigenvalue weighted by atomic mass is 10.3. The lowest BCUT2D eigenvalue weighted by molar-refractivity contribution is 0.735. The molecule has 0 aromatic carbocycles. The van der Waals surface area contributed by atoms with E-state index in [2.05, 4.69) is 13.8 Å². The molecule has 0 heterocycles. The molecule has 0 radical (unpaired) electrons. The summed E-state index contributed by atoms with van der Waals surface area (Å²) in [5.74, 6) is 0.946. The molecule has 0 bridgehead atoms. The van der Waals surface area contributed by atoms with Gasteiger partial charge in [0, 0.05) is 0 Å². The van der Waals surface area contributed by atoms with Gasteiger partial charge < -0.3 is 0 Å². The van der Waals surface area contributed by atoms with E-state index in [9.17, 15) is 0 Å². The largest absolute Gasteiger partial charge is 0.269 e. The van der Waals surface area contributed by atoms with Crippen molar-refractivity contribution >= 4 is 16.3 Å². The van der Waals surface area contributed by atoms with Crippen LogP contribution in [0.2, 0.25) is 5.28 Å². The third-order valence-electron chi connectivity index (χ3n) is 0.816. The minimum absolute atomic E-state index is 0. The summed E-state index contributed by atoms with van der Waals surface area (Å²) in [5.41, 5.74) is 0.